The third kappa shape index (κ3) is 1.97. The zero-order chi connectivity index (χ0) is 14.5. The van der Waals surface area contributed by atoms with Crippen LogP contribution < -0.4 is 5.73 Å². The van der Waals surface area contributed by atoms with Crippen LogP contribution in [0.15, 0.2) is 29.3 Å². The highest BCUT2D eigenvalue weighted by atomic mass is 32.2. The molecule has 108 valence electrons. The second-order valence-corrected chi connectivity index (χ2v) is 6.82. The van der Waals surface area contributed by atoms with Crippen LogP contribution in [0.2, 0.25) is 0 Å². The van der Waals surface area contributed by atoms with Crippen LogP contribution in [0.3, 0.4) is 0 Å². The topological polar surface area (TPSA) is 120 Å². The predicted molar refractivity (Wildman–Crippen MR) is 73.5 cm³/mol. The van der Waals surface area contributed by atoms with Gasteiger partial charge in [-0.05, 0) is 18.2 Å². The number of nitrogens with two attached hydrogens (primary N) is 1. The molecule has 0 amide bonds. The van der Waals surface area contributed by atoms with E-state index < -0.39 is 22.2 Å². The Morgan fingerprint density at radius 3 is 2.55 bits per heavy atom. The Bertz CT molecular complexity index is 745. The molecule has 2 atom stereocenters. The van der Waals surface area contributed by atoms with E-state index in [0.717, 1.165) is 4.31 Å². The first kappa shape index (κ1) is 13.4. The van der Waals surface area contributed by atoms with Crippen molar-refractivity contribution in [3.63, 3.8) is 0 Å². The van der Waals surface area contributed by atoms with Gasteiger partial charge >= 0.3 is 0 Å². The Labute approximate surface area is 115 Å². The summed E-state index contributed by atoms with van der Waals surface area (Å²) in [5.41, 5.74) is 6.82. The summed E-state index contributed by atoms with van der Waals surface area (Å²) in [5, 5.41) is 19.5. The van der Waals surface area contributed by atoms with Gasteiger partial charge in [0.25, 0.3) is 0 Å². The maximum absolute atomic E-state index is 12.6. The SMILES string of the molecule is Nc1ccc2[nH]cc(S(=O)(=O)N3CC(O)C(O)C3)c2c1. The molecule has 1 aromatic carbocycles. The van der Waals surface area contributed by atoms with Crippen molar-refractivity contribution in [2.75, 3.05) is 18.8 Å². The lowest BCUT2D eigenvalue weighted by Gasteiger charge is -2.14. The molecule has 3 rings (SSSR count). The van der Waals surface area contributed by atoms with Gasteiger partial charge in [-0.15, -0.1) is 0 Å². The fraction of sp³-hybridized carbons (Fsp3) is 0.333. The lowest BCUT2D eigenvalue weighted by atomic mass is 10.2. The molecule has 8 heteroatoms. The number of benzene rings is 1. The van der Waals surface area contributed by atoms with Gasteiger partial charge in [0.15, 0.2) is 0 Å². The van der Waals surface area contributed by atoms with E-state index in [4.69, 9.17) is 5.73 Å². The summed E-state index contributed by atoms with van der Waals surface area (Å²) in [6, 6.07) is 4.97. The molecular formula is C12H15N3O4S. The fourth-order valence-electron chi connectivity index (χ4n) is 2.40. The first-order chi connectivity index (χ1) is 9.39. The first-order valence-electron chi connectivity index (χ1n) is 6.12. The first-order valence-corrected chi connectivity index (χ1v) is 7.56. The number of H-pyrrole nitrogens is 1. The van der Waals surface area contributed by atoms with Crippen LogP contribution in [-0.2, 0) is 10.0 Å². The third-order valence-electron chi connectivity index (χ3n) is 3.51. The summed E-state index contributed by atoms with van der Waals surface area (Å²) in [4.78, 5) is 2.98. The van der Waals surface area contributed by atoms with Crippen molar-refractivity contribution in [2.45, 2.75) is 17.1 Å². The molecule has 5 N–H and O–H groups in total. The summed E-state index contributed by atoms with van der Waals surface area (Å²) in [7, 11) is -3.78. The Morgan fingerprint density at radius 1 is 1.25 bits per heavy atom. The van der Waals surface area contributed by atoms with Gasteiger partial charge in [-0.3, -0.25) is 0 Å². The number of aliphatic hydroxyl groups excluding tert-OH is 2. The van der Waals surface area contributed by atoms with Crippen molar-refractivity contribution in [3.8, 4) is 0 Å². The molecule has 1 fully saturated rings. The van der Waals surface area contributed by atoms with Crippen LogP contribution in [0.4, 0.5) is 5.69 Å². The number of aromatic amines is 1. The summed E-state index contributed by atoms with van der Waals surface area (Å²) < 4.78 is 26.2. The molecule has 1 saturated heterocycles. The number of aliphatic hydroxyl groups is 2. The molecule has 2 heterocycles. The average Bonchev–Trinajstić information content (AvgIpc) is 2.94. The van der Waals surface area contributed by atoms with Gasteiger partial charge in [0, 0.05) is 35.9 Å². The zero-order valence-corrected chi connectivity index (χ0v) is 11.3. The number of nitrogen functional groups attached to an aromatic ring is 1. The van der Waals surface area contributed by atoms with Gasteiger partial charge in [-0.2, -0.15) is 4.31 Å². The van der Waals surface area contributed by atoms with Crippen LogP contribution in [0.5, 0.6) is 0 Å². The number of nitrogens with one attached hydrogen (secondary N) is 1. The highest BCUT2D eigenvalue weighted by Gasteiger charge is 2.38. The number of nitrogens with zero attached hydrogens (tertiary/aromatic N) is 1. The third-order valence-corrected chi connectivity index (χ3v) is 5.38. The maximum atomic E-state index is 12.6. The number of hydrogen-bond acceptors (Lipinski definition) is 5. The maximum Gasteiger partial charge on any atom is 0.245 e. The van der Waals surface area contributed by atoms with Crippen LogP contribution >= 0.6 is 0 Å². The lowest BCUT2D eigenvalue weighted by Crippen LogP contribution is -2.29. The largest absolute Gasteiger partial charge is 0.399 e. The molecule has 1 aliphatic rings. The molecule has 0 bridgehead atoms. The van der Waals surface area contributed by atoms with Crippen molar-refractivity contribution >= 4 is 26.6 Å². The van der Waals surface area contributed by atoms with E-state index in [1.165, 1.54) is 6.20 Å². The minimum atomic E-state index is -3.78. The number of anilines is 1. The summed E-state index contributed by atoms with van der Waals surface area (Å²) in [6.45, 7) is -0.225. The minimum absolute atomic E-state index is 0.0982. The minimum Gasteiger partial charge on any atom is -0.399 e. The fourth-order valence-corrected chi connectivity index (χ4v) is 4.03. The Balaban J connectivity index is 2.08. The average molecular weight is 297 g/mol. The van der Waals surface area contributed by atoms with E-state index in [1.807, 2.05) is 0 Å². The Hall–Kier alpha value is -1.61. The van der Waals surface area contributed by atoms with E-state index in [1.54, 1.807) is 18.2 Å². The van der Waals surface area contributed by atoms with Crippen molar-refractivity contribution in [1.82, 2.24) is 9.29 Å². The van der Waals surface area contributed by atoms with E-state index >= 15 is 0 Å². The van der Waals surface area contributed by atoms with Crippen LogP contribution in [0.25, 0.3) is 10.9 Å². The molecular weight excluding hydrogens is 282 g/mol. The van der Waals surface area contributed by atoms with Gasteiger partial charge in [0.05, 0.1) is 12.2 Å². The molecule has 2 unspecified atom stereocenters. The van der Waals surface area contributed by atoms with Crippen LogP contribution in [0.1, 0.15) is 0 Å². The summed E-state index contributed by atoms with van der Waals surface area (Å²) in [5.74, 6) is 0. The number of hydrogen-bond donors (Lipinski definition) is 4. The van der Waals surface area contributed by atoms with E-state index in [2.05, 4.69) is 4.98 Å². The lowest BCUT2D eigenvalue weighted by molar-refractivity contribution is 0.0572. The van der Waals surface area contributed by atoms with Gasteiger partial charge < -0.3 is 20.9 Å². The smallest absolute Gasteiger partial charge is 0.245 e. The molecule has 0 aliphatic carbocycles. The van der Waals surface area contributed by atoms with E-state index in [-0.39, 0.29) is 18.0 Å². The van der Waals surface area contributed by atoms with Crippen molar-refractivity contribution in [1.29, 1.82) is 0 Å². The molecule has 2 aromatic rings. The molecule has 1 aromatic heterocycles. The van der Waals surface area contributed by atoms with Crippen LogP contribution in [0, 0.1) is 0 Å². The van der Waals surface area contributed by atoms with Crippen molar-refractivity contribution in [3.05, 3.63) is 24.4 Å². The van der Waals surface area contributed by atoms with Crippen LogP contribution in [-0.4, -0.2) is 53.2 Å². The van der Waals surface area contributed by atoms with E-state index in [0.29, 0.717) is 16.6 Å². The molecule has 0 radical (unpaired) electrons. The molecule has 0 saturated carbocycles. The van der Waals surface area contributed by atoms with Gasteiger partial charge in [-0.1, -0.05) is 0 Å². The van der Waals surface area contributed by atoms with Gasteiger partial charge in [-0.25, -0.2) is 8.42 Å². The number of aromatic nitrogens is 1. The molecule has 7 nitrogen and oxygen atoms in total. The highest BCUT2D eigenvalue weighted by Crippen LogP contribution is 2.29. The summed E-state index contributed by atoms with van der Waals surface area (Å²) >= 11 is 0. The van der Waals surface area contributed by atoms with Crippen molar-refractivity contribution in [2.24, 2.45) is 0 Å². The number of sulfonamides is 1. The normalized spacial score (nSPS) is 24.5. The number of β-amino-alcohol motifs (C(OH)–C–C–N with tert-alkyl or cyclic N) is 2. The monoisotopic (exact) mass is 297 g/mol. The second kappa shape index (κ2) is 4.45. The number of fused-ring (bicyclic) bond motifs is 1. The molecule has 20 heavy (non-hydrogen) atoms. The van der Waals surface area contributed by atoms with Gasteiger partial charge in [0.2, 0.25) is 10.0 Å². The second-order valence-electron chi connectivity index (χ2n) is 4.91. The standard InChI is InChI=1S/C12H15N3O4S/c13-7-1-2-9-8(3-7)12(4-14-9)20(18,19)15-5-10(16)11(17)6-15/h1-4,10-11,14,16-17H,5-6,13H2. The Kier molecular flexibility index (Phi) is 2.98. The van der Waals surface area contributed by atoms with Crippen molar-refractivity contribution < 1.29 is 18.6 Å². The number of rotatable bonds is 2. The summed E-state index contributed by atoms with van der Waals surface area (Å²) in [6.07, 6.45) is -0.712. The molecule has 1 aliphatic heterocycles. The highest BCUT2D eigenvalue weighted by molar-refractivity contribution is 7.89. The van der Waals surface area contributed by atoms with Gasteiger partial charge in [0.1, 0.15) is 4.90 Å². The predicted octanol–water partition coefficient (Wildman–Crippen LogP) is -0.524. The molecule has 0 spiro atoms. The quantitative estimate of drug-likeness (QED) is 0.556. The zero-order valence-electron chi connectivity index (χ0n) is 10.5. The van der Waals surface area contributed by atoms with E-state index in [9.17, 15) is 18.6 Å². The Morgan fingerprint density at radius 2 is 1.90 bits per heavy atom.